The Hall–Kier alpha value is -2.21. The average molecular weight is 300 g/mol. The molecule has 0 amide bonds. The molecular formula is C13H14ClNO5. The number of ether oxygens (including phenoxy) is 3. The van der Waals surface area contributed by atoms with Gasteiger partial charge >= 0.3 is 11.9 Å². The quantitative estimate of drug-likeness (QED) is 0.662. The molecule has 0 saturated carbocycles. The zero-order chi connectivity index (χ0) is 15.1. The van der Waals surface area contributed by atoms with Crippen LogP contribution in [-0.2, 0) is 19.1 Å². The molecule has 1 aromatic carbocycles. The Morgan fingerprint density at radius 3 is 2.45 bits per heavy atom. The molecule has 0 atom stereocenters. The number of esters is 2. The van der Waals surface area contributed by atoms with E-state index in [-0.39, 0.29) is 10.7 Å². The van der Waals surface area contributed by atoms with Gasteiger partial charge in [0.2, 0.25) is 0 Å². The van der Waals surface area contributed by atoms with Gasteiger partial charge in [0, 0.05) is 0 Å². The summed E-state index contributed by atoms with van der Waals surface area (Å²) in [6, 6.07) is 4.97. The molecule has 1 aromatic rings. The summed E-state index contributed by atoms with van der Waals surface area (Å²) in [4.78, 5) is 22.8. The van der Waals surface area contributed by atoms with Crippen LogP contribution < -0.4 is 10.1 Å². The SMILES string of the molecule is COC(=O)/C=C(/Nc1cccc(OC)c1Cl)C(=O)OC. The molecule has 108 valence electrons. The van der Waals surface area contributed by atoms with Crippen molar-refractivity contribution in [3.63, 3.8) is 0 Å². The van der Waals surface area contributed by atoms with Gasteiger partial charge in [-0.05, 0) is 12.1 Å². The number of nitrogens with one attached hydrogen (secondary N) is 1. The molecule has 0 spiro atoms. The molecule has 20 heavy (non-hydrogen) atoms. The highest BCUT2D eigenvalue weighted by Crippen LogP contribution is 2.32. The number of halogens is 1. The number of carbonyl (C=O) groups is 2. The molecule has 0 unspecified atom stereocenters. The molecule has 0 aliphatic carbocycles. The van der Waals surface area contributed by atoms with Crippen LogP contribution in [0.15, 0.2) is 30.0 Å². The Morgan fingerprint density at radius 1 is 1.20 bits per heavy atom. The van der Waals surface area contributed by atoms with Gasteiger partial charge in [0.05, 0.1) is 33.1 Å². The van der Waals surface area contributed by atoms with Crippen LogP contribution in [0.3, 0.4) is 0 Å². The number of carbonyl (C=O) groups excluding carboxylic acids is 2. The van der Waals surface area contributed by atoms with E-state index in [4.69, 9.17) is 16.3 Å². The van der Waals surface area contributed by atoms with E-state index in [1.165, 1.54) is 21.3 Å². The predicted octanol–water partition coefficient (Wildman–Crippen LogP) is 1.99. The van der Waals surface area contributed by atoms with Crippen molar-refractivity contribution >= 4 is 29.2 Å². The van der Waals surface area contributed by atoms with E-state index in [9.17, 15) is 9.59 Å². The van der Waals surface area contributed by atoms with Crippen LogP contribution in [0.1, 0.15) is 0 Å². The van der Waals surface area contributed by atoms with Crippen LogP contribution >= 0.6 is 11.6 Å². The molecule has 0 heterocycles. The summed E-state index contributed by atoms with van der Waals surface area (Å²) < 4.78 is 14.1. The van der Waals surface area contributed by atoms with Gasteiger partial charge < -0.3 is 19.5 Å². The van der Waals surface area contributed by atoms with Crippen LogP contribution in [0.2, 0.25) is 5.02 Å². The molecule has 0 saturated heterocycles. The van der Waals surface area contributed by atoms with Crippen molar-refractivity contribution in [1.29, 1.82) is 0 Å². The minimum atomic E-state index is -0.728. The topological polar surface area (TPSA) is 73.9 Å². The third-order valence-electron chi connectivity index (χ3n) is 2.32. The van der Waals surface area contributed by atoms with Crippen molar-refractivity contribution in [3.05, 3.63) is 35.0 Å². The number of rotatable bonds is 5. The number of hydrogen-bond acceptors (Lipinski definition) is 6. The molecule has 0 radical (unpaired) electrons. The second-order valence-electron chi connectivity index (χ2n) is 3.52. The van der Waals surface area contributed by atoms with Crippen LogP contribution in [-0.4, -0.2) is 33.3 Å². The molecule has 1 rings (SSSR count). The normalized spacial score (nSPS) is 10.7. The van der Waals surface area contributed by atoms with E-state index >= 15 is 0 Å². The van der Waals surface area contributed by atoms with Crippen LogP contribution in [0, 0.1) is 0 Å². The molecule has 1 N–H and O–H groups in total. The lowest BCUT2D eigenvalue weighted by molar-refractivity contribution is -0.138. The molecule has 7 heteroatoms. The molecule has 0 fully saturated rings. The predicted molar refractivity (Wildman–Crippen MR) is 73.7 cm³/mol. The Kier molecular flexibility index (Phi) is 5.86. The fourth-order valence-corrected chi connectivity index (χ4v) is 1.59. The first-order valence-electron chi connectivity index (χ1n) is 5.51. The summed E-state index contributed by atoms with van der Waals surface area (Å²) in [5, 5.41) is 2.98. The molecule has 0 aromatic heterocycles. The fraction of sp³-hybridized carbons (Fsp3) is 0.231. The molecular weight excluding hydrogens is 286 g/mol. The standard InChI is InChI=1S/C13H14ClNO5/c1-18-10-6-4-5-8(12(10)14)15-9(13(17)20-3)7-11(16)19-2/h4-7,15H,1-3H3/b9-7+. The van der Waals surface area contributed by atoms with E-state index in [1.54, 1.807) is 18.2 Å². The zero-order valence-electron chi connectivity index (χ0n) is 11.2. The monoisotopic (exact) mass is 299 g/mol. The van der Waals surface area contributed by atoms with E-state index < -0.39 is 11.9 Å². The average Bonchev–Trinajstić information content (AvgIpc) is 2.47. The lowest BCUT2D eigenvalue weighted by atomic mass is 10.2. The maximum atomic E-state index is 11.6. The lowest BCUT2D eigenvalue weighted by Crippen LogP contribution is -2.15. The molecule has 0 bridgehead atoms. The lowest BCUT2D eigenvalue weighted by Gasteiger charge is -2.12. The van der Waals surface area contributed by atoms with Gasteiger partial charge in [-0.3, -0.25) is 0 Å². The third kappa shape index (κ3) is 3.89. The van der Waals surface area contributed by atoms with E-state index in [2.05, 4.69) is 14.8 Å². The van der Waals surface area contributed by atoms with Crippen molar-refractivity contribution < 1.29 is 23.8 Å². The fourth-order valence-electron chi connectivity index (χ4n) is 1.34. The maximum Gasteiger partial charge on any atom is 0.354 e. The summed E-state index contributed by atoms with van der Waals surface area (Å²) in [5.74, 6) is -0.995. The number of anilines is 1. The van der Waals surface area contributed by atoms with Crippen molar-refractivity contribution in [2.75, 3.05) is 26.6 Å². The highest BCUT2D eigenvalue weighted by atomic mass is 35.5. The summed E-state index contributed by atoms with van der Waals surface area (Å²) in [6.07, 6.45) is 0.974. The minimum absolute atomic E-state index is 0.102. The second kappa shape index (κ2) is 7.40. The highest BCUT2D eigenvalue weighted by Gasteiger charge is 2.15. The third-order valence-corrected chi connectivity index (χ3v) is 2.71. The number of benzene rings is 1. The Bertz CT molecular complexity index is 542. The van der Waals surface area contributed by atoms with E-state index in [0.717, 1.165) is 6.08 Å². The summed E-state index contributed by atoms with van der Waals surface area (Å²) >= 11 is 6.09. The maximum absolute atomic E-state index is 11.6. The largest absolute Gasteiger partial charge is 0.495 e. The van der Waals surface area contributed by atoms with Gasteiger partial charge in [0.25, 0.3) is 0 Å². The number of methoxy groups -OCH3 is 3. The Labute approximate surface area is 121 Å². The van der Waals surface area contributed by atoms with Crippen LogP contribution in [0.25, 0.3) is 0 Å². The summed E-state index contributed by atoms with van der Waals surface area (Å²) in [5.41, 5.74) is 0.293. The van der Waals surface area contributed by atoms with E-state index in [1.807, 2.05) is 0 Å². The first-order chi connectivity index (χ1) is 9.53. The minimum Gasteiger partial charge on any atom is -0.495 e. The van der Waals surface area contributed by atoms with Gasteiger partial charge in [-0.2, -0.15) is 0 Å². The van der Waals surface area contributed by atoms with Gasteiger partial charge in [0.1, 0.15) is 16.5 Å². The number of hydrogen-bond donors (Lipinski definition) is 1. The summed E-state index contributed by atoms with van der Waals surface area (Å²) in [6.45, 7) is 0. The first kappa shape index (κ1) is 15.8. The second-order valence-corrected chi connectivity index (χ2v) is 3.90. The van der Waals surface area contributed by atoms with Gasteiger partial charge in [-0.1, -0.05) is 17.7 Å². The van der Waals surface area contributed by atoms with Crippen LogP contribution in [0.5, 0.6) is 5.75 Å². The molecule has 6 nitrogen and oxygen atoms in total. The van der Waals surface area contributed by atoms with Gasteiger partial charge in [-0.15, -0.1) is 0 Å². The highest BCUT2D eigenvalue weighted by molar-refractivity contribution is 6.34. The van der Waals surface area contributed by atoms with Crippen molar-refractivity contribution in [3.8, 4) is 5.75 Å². The molecule has 0 aliphatic heterocycles. The van der Waals surface area contributed by atoms with Crippen LogP contribution in [0.4, 0.5) is 5.69 Å². The smallest absolute Gasteiger partial charge is 0.354 e. The van der Waals surface area contributed by atoms with Gasteiger partial charge in [0.15, 0.2) is 0 Å². The Morgan fingerprint density at radius 2 is 1.90 bits per heavy atom. The van der Waals surface area contributed by atoms with E-state index in [0.29, 0.717) is 11.4 Å². The van der Waals surface area contributed by atoms with Crippen molar-refractivity contribution in [1.82, 2.24) is 0 Å². The van der Waals surface area contributed by atoms with Crippen molar-refractivity contribution in [2.24, 2.45) is 0 Å². The first-order valence-corrected chi connectivity index (χ1v) is 5.88. The summed E-state index contributed by atoms with van der Waals surface area (Å²) in [7, 11) is 3.87. The zero-order valence-corrected chi connectivity index (χ0v) is 12.0. The van der Waals surface area contributed by atoms with Crippen molar-refractivity contribution in [2.45, 2.75) is 0 Å². The van der Waals surface area contributed by atoms with Gasteiger partial charge in [-0.25, -0.2) is 9.59 Å². The molecule has 0 aliphatic rings. The Balaban J connectivity index is 3.11.